The van der Waals surface area contributed by atoms with E-state index in [1.807, 2.05) is 24.1 Å². The van der Waals surface area contributed by atoms with Gasteiger partial charge in [0.05, 0.1) is 6.04 Å². The number of piperidine rings is 1. The van der Waals surface area contributed by atoms with Gasteiger partial charge in [0.1, 0.15) is 0 Å². The van der Waals surface area contributed by atoms with Gasteiger partial charge in [-0.25, -0.2) is 0 Å². The van der Waals surface area contributed by atoms with E-state index in [9.17, 15) is 4.79 Å². The molecule has 86 valence electrons. The lowest BCUT2D eigenvalue weighted by molar-refractivity contribution is -0.136. The topological polar surface area (TPSA) is 45.2 Å². The van der Waals surface area contributed by atoms with Crippen LogP contribution >= 0.6 is 0 Å². The van der Waals surface area contributed by atoms with Crippen molar-refractivity contribution >= 4 is 5.91 Å². The van der Waals surface area contributed by atoms with Gasteiger partial charge in [-0.3, -0.25) is 9.78 Å². The third-order valence-electron chi connectivity index (χ3n) is 3.00. The fraction of sp³-hybridized carbons (Fsp3) is 0.500. The molecule has 1 atom stereocenters. The van der Waals surface area contributed by atoms with Crippen LogP contribution < -0.4 is 5.32 Å². The van der Waals surface area contributed by atoms with E-state index in [1.165, 1.54) is 0 Å². The third-order valence-corrected chi connectivity index (χ3v) is 3.00. The van der Waals surface area contributed by atoms with E-state index in [-0.39, 0.29) is 11.9 Å². The van der Waals surface area contributed by atoms with Crippen LogP contribution in [0.15, 0.2) is 24.5 Å². The number of hydrogen-bond donors (Lipinski definition) is 1. The normalized spacial score (nSPS) is 21.2. The lowest BCUT2D eigenvalue weighted by Gasteiger charge is -2.32. The number of amides is 1. The second kappa shape index (κ2) is 5.07. The predicted molar refractivity (Wildman–Crippen MR) is 61.7 cm³/mol. The number of nitrogens with zero attached hydrogens (tertiary/aromatic N) is 2. The number of carbonyl (C=O) groups excluding carboxylic acids is 1. The van der Waals surface area contributed by atoms with Gasteiger partial charge in [0.25, 0.3) is 0 Å². The predicted octanol–water partition coefficient (Wildman–Crippen LogP) is 0.792. The van der Waals surface area contributed by atoms with Crippen molar-refractivity contribution in [3.05, 3.63) is 30.1 Å². The summed E-state index contributed by atoms with van der Waals surface area (Å²) < 4.78 is 0. The summed E-state index contributed by atoms with van der Waals surface area (Å²) in [6.45, 7) is 1.55. The van der Waals surface area contributed by atoms with Gasteiger partial charge in [0.2, 0.25) is 5.91 Å². The number of hydrogen-bond acceptors (Lipinski definition) is 3. The lowest BCUT2D eigenvalue weighted by Crippen LogP contribution is -2.49. The molecular weight excluding hydrogens is 202 g/mol. The molecule has 1 aromatic heterocycles. The quantitative estimate of drug-likeness (QED) is 0.817. The minimum Gasteiger partial charge on any atom is -0.337 e. The van der Waals surface area contributed by atoms with E-state index < -0.39 is 0 Å². The average Bonchev–Trinajstić information content (AvgIpc) is 2.33. The minimum atomic E-state index is -0.00409. The van der Waals surface area contributed by atoms with Crippen LogP contribution in [0, 0.1) is 0 Å². The number of carbonyl (C=O) groups is 1. The highest BCUT2D eigenvalue weighted by Crippen LogP contribution is 2.14. The SMILES string of the molecule is CNC1CCCN(Cc2ccncc2)C1=O. The molecule has 1 amide bonds. The molecule has 16 heavy (non-hydrogen) atoms. The zero-order valence-corrected chi connectivity index (χ0v) is 9.52. The highest BCUT2D eigenvalue weighted by atomic mass is 16.2. The fourth-order valence-electron chi connectivity index (χ4n) is 2.07. The van der Waals surface area contributed by atoms with Gasteiger partial charge < -0.3 is 10.2 Å². The van der Waals surface area contributed by atoms with Gasteiger partial charge in [-0.05, 0) is 37.6 Å². The first kappa shape index (κ1) is 11.1. The average molecular weight is 219 g/mol. The van der Waals surface area contributed by atoms with Crippen LogP contribution in [0.3, 0.4) is 0 Å². The van der Waals surface area contributed by atoms with Gasteiger partial charge in [0, 0.05) is 25.5 Å². The molecule has 1 aliphatic heterocycles. The summed E-state index contributed by atoms with van der Waals surface area (Å²) in [5, 5.41) is 3.07. The van der Waals surface area contributed by atoms with Gasteiger partial charge in [-0.2, -0.15) is 0 Å². The molecule has 2 rings (SSSR count). The number of aromatic nitrogens is 1. The maximum Gasteiger partial charge on any atom is 0.239 e. The van der Waals surface area contributed by atoms with Gasteiger partial charge in [0.15, 0.2) is 0 Å². The summed E-state index contributed by atoms with van der Waals surface area (Å²) in [7, 11) is 1.85. The molecule has 0 aromatic carbocycles. The Balaban J connectivity index is 2.02. The Labute approximate surface area is 95.7 Å². The maximum absolute atomic E-state index is 12.0. The first-order chi connectivity index (χ1) is 7.81. The van der Waals surface area contributed by atoms with Crippen molar-refractivity contribution in [3.63, 3.8) is 0 Å². The van der Waals surface area contributed by atoms with Crippen molar-refractivity contribution in [2.45, 2.75) is 25.4 Å². The Bertz CT molecular complexity index is 353. The molecule has 1 aromatic rings. The molecule has 1 aliphatic rings. The van der Waals surface area contributed by atoms with Crippen molar-refractivity contribution < 1.29 is 4.79 Å². The minimum absolute atomic E-state index is 0.00409. The lowest BCUT2D eigenvalue weighted by atomic mass is 10.0. The largest absolute Gasteiger partial charge is 0.337 e. The second-order valence-corrected chi connectivity index (χ2v) is 4.10. The fourth-order valence-corrected chi connectivity index (χ4v) is 2.07. The monoisotopic (exact) mass is 219 g/mol. The van der Waals surface area contributed by atoms with E-state index in [0.29, 0.717) is 6.54 Å². The number of rotatable bonds is 3. The summed E-state index contributed by atoms with van der Waals surface area (Å²) >= 11 is 0. The first-order valence-electron chi connectivity index (χ1n) is 5.66. The molecule has 0 radical (unpaired) electrons. The van der Waals surface area contributed by atoms with Crippen LogP contribution in [-0.2, 0) is 11.3 Å². The molecular formula is C12H17N3O. The van der Waals surface area contributed by atoms with Crippen molar-refractivity contribution in [1.29, 1.82) is 0 Å². The van der Waals surface area contributed by atoms with Crippen LogP contribution in [0.2, 0.25) is 0 Å². The first-order valence-corrected chi connectivity index (χ1v) is 5.66. The van der Waals surface area contributed by atoms with Crippen molar-refractivity contribution in [3.8, 4) is 0 Å². The summed E-state index contributed by atoms with van der Waals surface area (Å²) in [5.74, 6) is 0.213. The third kappa shape index (κ3) is 2.39. The van der Waals surface area contributed by atoms with Gasteiger partial charge in [-0.1, -0.05) is 0 Å². The Morgan fingerprint density at radius 3 is 2.94 bits per heavy atom. The smallest absolute Gasteiger partial charge is 0.239 e. The van der Waals surface area contributed by atoms with E-state index in [4.69, 9.17) is 0 Å². The number of nitrogens with one attached hydrogen (secondary N) is 1. The molecule has 0 saturated carbocycles. The van der Waals surface area contributed by atoms with Crippen LogP contribution in [-0.4, -0.2) is 35.4 Å². The van der Waals surface area contributed by atoms with E-state index in [2.05, 4.69) is 10.3 Å². The summed E-state index contributed by atoms with van der Waals surface area (Å²) in [5.41, 5.74) is 1.14. The van der Waals surface area contributed by atoms with E-state index in [1.54, 1.807) is 12.4 Å². The van der Waals surface area contributed by atoms with Crippen LogP contribution in [0.25, 0.3) is 0 Å². The van der Waals surface area contributed by atoms with Crippen molar-refractivity contribution in [2.75, 3.05) is 13.6 Å². The molecule has 0 bridgehead atoms. The molecule has 0 aliphatic carbocycles. The molecule has 1 saturated heterocycles. The van der Waals surface area contributed by atoms with Crippen molar-refractivity contribution in [1.82, 2.24) is 15.2 Å². The molecule has 4 nitrogen and oxygen atoms in total. The summed E-state index contributed by atoms with van der Waals surface area (Å²) in [4.78, 5) is 17.9. The van der Waals surface area contributed by atoms with Gasteiger partial charge in [-0.15, -0.1) is 0 Å². The second-order valence-electron chi connectivity index (χ2n) is 4.10. The summed E-state index contributed by atoms with van der Waals surface area (Å²) in [6, 6.07) is 3.91. The summed E-state index contributed by atoms with van der Waals surface area (Å²) in [6.07, 6.45) is 5.54. The maximum atomic E-state index is 12.0. The van der Waals surface area contributed by atoms with Gasteiger partial charge >= 0.3 is 0 Å². The molecule has 1 N–H and O–H groups in total. The van der Waals surface area contributed by atoms with Crippen LogP contribution in [0.4, 0.5) is 0 Å². The number of likely N-dealkylation sites (N-methyl/N-ethyl adjacent to an activating group) is 1. The zero-order chi connectivity index (χ0) is 11.4. The molecule has 1 unspecified atom stereocenters. The number of likely N-dealkylation sites (tertiary alicyclic amines) is 1. The Morgan fingerprint density at radius 2 is 2.25 bits per heavy atom. The Kier molecular flexibility index (Phi) is 3.51. The molecule has 4 heteroatoms. The standard InChI is InChI=1S/C12H17N3O/c1-13-11-3-2-8-15(12(11)16)9-10-4-6-14-7-5-10/h4-7,11,13H,2-3,8-9H2,1H3. The number of pyridine rings is 1. The highest BCUT2D eigenvalue weighted by molar-refractivity contribution is 5.82. The van der Waals surface area contributed by atoms with Crippen LogP contribution in [0.5, 0.6) is 0 Å². The Hall–Kier alpha value is -1.42. The van der Waals surface area contributed by atoms with E-state index in [0.717, 1.165) is 24.9 Å². The molecule has 1 fully saturated rings. The van der Waals surface area contributed by atoms with E-state index >= 15 is 0 Å². The van der Waals surface area contributed by atoms with Crippen molar-refractivity contribution in [2.24, 2.45) is 0 Å². The zero-order valence-electron chi connectivity index (χ0n) is 9.52. The highest BCUT2D eigenvalue weighted by Gasteiger charge is 2.26. The molecule has 0 spiro atoms. The molecule has 2 heterocycles. The Morgan fingerprint density at radius 1 is 1.50 bits per heavy atom. The van der Waals surface area contributed by atoms with Crippen LogP contribution in [0.1, 0.15) is 18.4 Å².